The molecular formula is C20H27N3O4S. The summed E-state index contributed by atoms with van der Waals surface area (Å²) in [6.07, 6.45) is 1.70. The molecule has 0 fully saturated rings. The lowest BCUT2D eigenvalue weighted by molar-refractivity contribution is -0.130. The van der Waals surface area contributed by atoms with Gasteiger partial charge in [0, 0.05) is 31.4 Å². The summed E-state index contributed by atoms with van der Waals surface area (Å²) < 4.78 is 31.8. The Labute approximate surface area is 167 Å². The third kappa shape index (κ3) is 4.69. The van der Waals surface area contributed by atoms with Gasteiger partial charge in [-0.15, -0.1) is 0 Å². The third-order valence-corrected chi connectivity index (χ3v) is 6.47. The topological polar surface area (TPSA) is 79.8 Å². The first-order valence-electron chi connectivity index (χ1n) is 8.84. The number of methoxy groups -OCH3 is 1. The Morgan fingerprint density at radius 3 is 2.29 bits per heavy atom. The van der Waals surface area contributed by atoms with Crippen LogP contribution in [0.3, 0.4) is 0 Å². The quantitative estimate of drug-likeness (QED) is 0.706. The highest BCUT2D eigenvalue weighted by atomic mass is 32.2. The van der Waals surface area contributed by atoms with Crippen molar-refractivity contribution in [1.29, 1.82) is 0 Å². The highest BCUT2D eigenvalue weighted by molar-refractivity contribution is 7.89. The fraction of sp³-hybridized carbons (Fsp3) is 0.400. The van der Waals surface area contributed by atoms with Gasteiger partial charge in [-0.3, -0.25) is 9.78 Å². The predicted molar refractivity (Wildman–Crippen MR) is 108 cm³/mol. The average Bonchev–Trinajstić information content (AvgIpc) is 2.64. The number of aromatic nitrogens is 1. The van der Waals surface area contributed by atoms with Crippen LogP contribution in [0.15, 0.2) is 35.4 Å². The minimum absolute atomic E-state index is 0.164. The number of pyridine rings is 1. The van der Waals surface area contributed by atoms with Gasteiger partial charge in [-0.25, -0.2) is 8.42 Å². The number of hydrogen-bond acceptors (Lipinski definition) is 5. The summed E-state index contributed by atoms with van der Waals surface area (Å²) in [6.45, 7) is 5.69. The van der Waals surface area contributed by atoms with Crippen LogP contribution in [0.4, 0.5) is 0 Å². The summed E-state index contributed by atoms with van der Waals surface area (Å²) in [7, 11) is 0.894. The maximum absolute atomic E-state index is 12.7. The van der Waals surface area contributed by atoms with Gasteiger partial charge in [0.1, 0.15) is 5.75 Å². The lowest BCUT2D eigenvalue weighted by Gasteiger charge is -2.23. The summed E-state index contributed by atoms with van der Waals surface area (Å²) in [5.41, 5.74) is 3.46. The van der Waals surface area contributed by atoms with Crippen LogP contribution >= 0.6 is 0 Å². The molecule has 0 atom stereocenters. The van der Waals surface area contributed by atoms with Crippen molar-refractivity contribution < 1.29 is 17.9 Å². The first kappa shape index (κ1) is 21.8. The Kier molecular flexibility index (Phi) is 6.79. The number of amides is 1. The predicted octanol–water partition coefficient (Wildman–Crippen LogP) is 2.29. The van der Waals surface area contributed by atoms with Gasteiger partial charge < -0.3 is 9.64 Å². The van der Waals surface area contributed by atoms with E-state index in [9.17, 15) is 13.2 Å². The fourth-order valence-corrected chi connectivity index (χ4v) is 3.95. The molecule has 28 heavy (non-hydrogen) atoms. The van der Waals surface area contributed by atoms with Crippen molar-refractivity contribution in [1.82, 2.24) is 14.2 Å². The molecule has 152 valence electrons. The molecule has 0 radical (unpaired) electrons. The van der Waals surface area contributed by atoms with Gasteiger partial charge in [-0.05, 0) is 32.9 Å². The van der Waals surface area contributed by atoms with Crippen LogP contribution in [0.1, 0.15) is 22.4 Å². The molecule has 0 aliphatic rings. The lowest BCUT2D eigenvalue weighted by Crippen LogP contribution is -2.39. The molecule has 1 amide bonds. The Bertz CT molecular complexity index is 956. The van der Waals surface area contributed by atoms with Crippen LogP contribution in [-0.4, -0.2) is 56.3 Å². The number of benzene rings is 1. The Morgan fingerprint density at radius 2 is 1.71 bits per heavy atom. The standard InChI is InChI=1S/C20H27N3O4S/c1-14-7-9-17(10-8-14)28(25,26)23(5)13-19(24)22(4)12-18-16(3)20(27-6)15(2)11-21-18/h7-11H,12-13H2,1-6H3. The van der Waals surface area contributed by atoms with Gasteiger partial charge in [-0.2, -0.15) is 4.31 Å². The second kappa shape index (κ2) is 8.70. The lowest BCUT2D eigenvalue weighted by atomic mass is 10.1. The molecule has 0 aliphatic heterocycles. The SMILES string of the molecule is COc1c(C)cnc(CN(C)C(=O)CN(C)S(=O)(=O)c2ccc(C)cc2)c1C. The van der Waals surface area contributed by atoms with Crippen molar-refractivity contribution in [3.05, 3.63) is 52.8 Å². The van der Waals surface area contributed by atoms with E-state index >= 15 is 0 Å². The number of likely N-dealkylation sites (N-methyl/N-ethyl adjacent to an activating group) is 2. The van der Waals surface area contributed by atoms with E-state index < -0.39 is 10.0 Å². The Balaban J connectivity index is 2.11. The summed E-state index contributed by atoms with van der Waals surface area (Å²) in [6, 6.07) is 6.55. The molecule has 0 aliphatic carbocycles. The zero-order valence-electron chi connectivity index (χ0n) is 17.2. The van der Waals surface area contributed by atoms with Crippen molar-refractivity contribution in [3.8, 4) is 5.75 Å². The van der Waals surface area contributed by atoms with E-state index in [1.807, 2.05) is 20.8 Å². The Hall–Kier alpha value is -2.45. The number of rotatable bonds is 7. The molecule has 0 unspecified atom stereocenters. The molecule has 1 aromatic carbocycles. The summed E-state index contributed by atoms with van der Waals surface area (Å²) >= 11 is 0. The molecule has 2 rings (SSSR count). The molecule has 1 heterocycles. The normalized spacial score (nSPS) is 11.5. The molecule has 1 aromatic heterocycles. The van der Waals surface area contributed by atoms with Crippen molar-refractivity contribution >= 4 is 15.9 Å². The van der Waals surface area contributed by atoms with E-state index in [2.05, 4.69) is 4.98 Å². The van der Waals surface area contributed by atoms with Crippen LogP contribution in [0.25, 0.3) is 0 Å². The highest BCUT2D eigenvalue weighted by Gasteiger charge is 2.24. The van der Waals surface area contributed by atoms with Crippen molar-refractivity contribution in [2.75, 3.05) is 27.7 Å². The maximum Gasteiger partial charge on any atom is 0.243 e. The van der Waals surface area contributed by atoms with Gasteiger partial charge in [0.25, 0.3) is 0 Å². The molecule has 0 spiro atoms. The molecule has 0 N–H and O–H groups in total. The fourth-order valence-electron chi connectivity index (χ4n) is 2.83. The number of ether oxygens (including phenoxy) is 1. The van der Waals surface area contributed by atoms with E-state index in [0.29, 0.717) is 5.69 Å². The number of hydrogen-bond donors (Lipinski definition) is 0. The highest BCUT2D eigenvalue weighted by Crippen LogP contribution is 2.24. The number of sulfonamides is 1. The van der Waals surface area contributed by atoms with E-state index in [4.69, 9.17) is 4.74 Å². The van der Waals surface area contributed by atoms with Crippen molar-refractivity contribution in [2.24, 2.45) is 0 Å². The van der Waals surface area contributed by atoms with Crippen molar-refractivity contribution in [2.45, 2.75) is 32.2 Å². The van der Waals surface area contributed by atoms with Gasteiger partial charge in [0.05, 0.1) is 30.8 Å². The number of aryl methyl sites for hydroxylation is 2. The smallest absolute Gasteiger partial charge is 0.243 e. The van der Waals surface area contributed by atoms with E-state index in [0.717, 1.165) is 26.7 Å². The zero-order chi connectivity index (χ0) is 21.1. The zero-order valence-corrected chi connectivity index (χ0v) is 18.0. The van der Waals surface area contributed by atoms with E-state index in [-0.39, 0.29) is 23.9 Å². The summed E-state index contributed by atoms with van der Waals surface area (Å²) in [4.78, 5) is 18.6. The maximum atomic E-state index is 12.7. The van der Waals surface area contributed by atoms with Crippen LogP contribution in [-0.2, 0) is 21.4 Å². The summed E-state index contributed by atoms with van der Waals surface area (Å²) in [5.74, 6) is 0.420. The van der Waals surface area contributed by atoms with E-state index in [1.54, 1.807) is 44.6 Å². The van der Waals surface area contributed by atoms with Gasteiger partial charge in [0.15, 0.2) is 0 Å². The van der Waals surface area contributed by atoms with Crippen molar-refractivity contribution in [3.63, 3.8) is 0 Å². The van der Waals surface area contributed by atoms with Gasteiger partial charge in [0.2, 0.25) is 15.9 Å². The molecule has 7 nitrogen and oxygen atoms in total. The summed E-state index contributed by atoms with van der Waals surface area (Å²) in [5, 5.41) is 0. The van der Waals surface area contributed by atoms with Crippen LogP contribution in [0.5, 0.6) is 5.75 Å². The minimum Gasteiger partial charge on any atom is -0.496 e. The Morgan fingerprint density at radius 1 is 1.11 bits per heavy atom. The van der Waals surface area contributed by atoms with Crippen LogP contribution in [0, 0.1) is 20.8 Å². The van der Waals surface area contributed by atoms with E-state index in [1.165, 1.54) is 11.9 Å². The molecule has 8 heteroatoms. The molecule has 0 bridgehead atoms. The number of carbonyl (C=O) groups excluding carboxylic acids is 1. The second-order valence-electron chi connectivity index (χ2n) is 6.87. The number of nitrogens with zero attached hydrogens (tertiary/aromatic N) is 3. The monoisotopic (exact) mass is 405 g/mol. The first-order chi connectivity index (χ1) is 13.1. The first-order valence-corrected chi connectivity index (χ1v) is 10.3. The average molecular weight is 406 g/mol. The molecule has 0 saturated heterocycles. The van der Waals surface area contributed by atoms with Crippen LogP contribution < -0.4 is 4.74 Å². The third-order valence-electron chi connectivity index (χ3n) is 4.65. The molecule has 0 saturated carbocycles. The molecule has 2 aromatic rings. The number of carbonyl (C=O) groups is 1. The van der Waals surface area contributed by atoms with Crippen LogP contribution in [0.2, 0.25) is 0 Å². The largest absolute Gasteiger partial charge is 0.496 e. The van der Waals surface area contributed by atoms with Gasteiger partial charge >= 0.3 is 0 Å². The minimum atomic E-state index is -3.73. The second-order valence-corrected chi connectivity index (χ2v) is 8.91. The molecular weight excluding hydrogens is 378 g/mol. The van der Waals surface area contributed by atoms with Gasteiger partial charge in [-0.1, -0.05) is 17.7 Å².